The lowest BCUT2D eigenvalue weighted by Crippen LogP contribution is -2.18. The van der Waals surface area contributed by atoms with Gasteiger partial charge in [-0.15, -0.1) is 0 Å². The maximum Gasteiger partial charge on any atom is 0.294 e. The van der Waals surface area contributed by atoms with Crippen molar-refractivity contribution < 1.29 is 14.2 Å². The first-order valence-corrected chi connectivity index (χ1v) is 5.08. The number of benzene rings is 1. The highest BCUT2D eigenvalue weighted by Crippen LogP contribution is 2.27. The molecule has 0 saturated carbocycles. The van der Waals surface area contributed by atoms with Crippen LogP contribution in [0.4, 0.5) is 17.1 Å². The van der Waals surface area contributed by atoms with E-state index in [0.29, 0.717) is 5.69 Å². The standard InChI is InChI=1S/C10H9N5O4/c11-14-9-7(2-1-3-8(9)15(17)18)10(16)13-6-4-12-19-5-6/h1-5,14H,11H2,(H,13,16). The normalized spacial score (nSPS) is 9.95. The third-order valence-corrected chi connectivity index (χ3v) is 2.32. The van der Waals surface area contributed by atoms with Crippen LogP contribution in [0.1, 0.15) is 10.4 Å². The first kappa shape index (κ1) is 12.5. The van der Waals surface area contributed by atoms with E-state index in [-0.39, 0.29) is 16.9 Å². The number of hydrogen-bond donors (Lipinski definition) is 3. The smallest absolute Gasteiger partial charge is 0.294 e. The zero-order chi connectivity index (χ0) is 13.8. The fourth-order valence-corrected chi connectivity index (χ4v) is 1.50. The number of nitro groups is 1. The number of carbonyl (C=O) groups is 1. The molecule has 0 saturated heterocycles. The van der Waals surface area contributed by atoms with Gasteiger partial charge in [0.15, 0.2) is 0 Å². The Morgan fingerprint density at radius 3 is 2.84 bits per heavy atom. The van der Waals surface area contributed by atoms with E-state index in [9.17, 15) is 14.9 Å². The summed E-state index contributed by atoms with van der Waals surface area (Å²) in [5.74, 6) is 4.67. The number of nitro benzene ring substituents is 1. The highest BCUT2D eigenvalue weighted by Gasteiger charge is 2.21. The largest absolute Gasteiger partial charge is 0.363 e. The van der Waals surface area contributed by atoms with E-state index in [0.717, 1.165) is 0 Å². The Bertz CT molecular complexity index is 610. The summed E-state index contributed by atoms with van der Waals surface area (Å²) >= 11 is 0. The molecule has 0 aliphatic rings. The van der Waals surface area contributed by atoms with Gasteiger partial charge in [-0.2, -0.15) is 0 Å². The molecule has 0 aliphatic carbocycles. The number of carbonyl (C=O) groups excluding carboxylic acids is 1. The van der Waals surface area contributed by atoms with Gasteiger partial charge in [0.05, 0.1) is 16.7 Å². The molecule has 0 unspecified atom stereocenters. The van der Waals surface area contributed by atoms with Crippen LogP contribution in [0.2, 0.25) is 0 Å². The molecule has 2 aromatic rings. The van der Waals surface area contributed by atoms with E-state index < -0.39 is 10.8 Å². The number of nitrogens with two attached hydrogens (primary N) is 1. The summed E-state index contributed by atoms with van der Waals surface area (Å²) < 4.78 is 4.56. The summed E-state index contributed by atoms with van der Waals surface area (Å²) in [6, 6.07) is 4.04. The van der Waals surface area contributed by atoms with E-state index in [1.165, 1.54) is 30.7 Å². The Morgan fingerprint density at radius 2 is 2.26 bits per heavy atom. The van der Waals surface area contributed by atoms with Gasteiger partial charge in [0, 0.05) is 6.07 Å². The van der Waals surface area contributed by atoms with Crippen molar-refractivity contribution in [3.8, 4) is 0 Å². The first-order valence-electron chi connectivity index (χ1n) is 5.08. The SMILES string of the molecule is NNc1c(C(=O)Nc2cnoc2)cccc1[N+](=O)[O-]. The summed E-state index contributed by atoms with van der Waals surface area (Å²) in [6.45, 7) is 0. The number of hydrazine groups is 1. The second-order valence-corrected chi connectivity index (χ2v) is 3.47. The molecule has 9 nitrogen and oxygen atoms in total. The van der Waals surface area contributed by atoms with E-state index in [2.05, 4.69) is 20.4 Å². The van der Waals surface area contributed by atoms with Crippen LogP contribution < -0.4 is 16.6 Å². The predicted octanol–water partition coefficient (Wildman–Crippen LogP) is 1.12. The number of nitrogens with zero attached hydrogens (tertiary/aromatic N) is 2. The van der Waals surface area contributed by atoms with Gasteiger partial charge in [-0.3, -0.25) is 20.8 Å². The molecule has 0 spiro atoms. The minimum absolute atomic E-state index is 0.0397. The van der Waals surface area contributed by atoms with Crippen LogP contribution in [0.5, 0.6) is 0 Å². The zero-order valence-corrected chi connectivity index (χ0v) is 9.49. The summed E-state index contributed by atoms with van der Waals surface area (Å²) in [6.07, 6.45) is 2.52. The Balaban J connectivity index is 2.36. The molecule has 1 heterocycles. The van der Waals surface area contributed by atoms with E-state index in [1.807, 2.05) is 0 Å². The van der Waals surface area contributed by atoms with Crippen LogP contribution in [-0.2, 0) is 0 Å². The molecule has 4 N–H and O–H groups in total. The molecule has 0 radical (unpaired) electrons. The molecule has 0 aliphatic heterocycles. The van der Waals surface area contributed by atoms with Crippen molar-refractivity contribution in [3.05, 3.63) is 46.3 Å². The number of amides is 1. The molecule has 1 aromatic heterocycles. The summed E-state index contributed by atoms with van der Waals surface area (Å²) in [5, 5.41) is 16.7. The molecule has 0 bridgehead atoms. The Morgan fingerprint density at radius 1 is 1.47 bits per heavy atom. The van der Waals surface area contributed by atoms with Crippen molar-refractivity contribution in [2.75, 3.05) is 10.7 Å². The van der Waals surface area contributed by atoms with Gasteiger partial charge in [0.25, 0.3) is 11.6 Å². The van der Waals surface area contributed by atoms with Crippen molar-refractivity contribution in [2.45, 2.75) is 0 Å². The van der Waals surface area contributed by atoms with Gasteiger partial charge < -0.3 is 15.3 Å². The quantitative estimate of drug-likeness (QED) is 0.427. The molecule has 0 fully saturated rings. The highest BCUT2D eigenvalue weighted by molar-refractivity contribution is 6.09. The molecule has 9 heteroatoms. The van der Waals surface area contributed by atoms with Gasteiger partial charge in [-0.1, -0.05) is 11.2 Å². The van der Waals surface area contributed by atoms with E-state index in [4.69, 9.17) is 5.84 Å². The van der Waals surface area contributed by atoms with Crippen LogP contribution in [0, 0.1) is 10.1 Å². The van der Waals surface area contributed by atoms with Crippen LogP contribution in [0.15, 0.2) is 35.2 Å². The lowest BCUT2D eigenvalue weighted by molar-refractivity contribution is -0.384. The number of hydrogen-bond acceptors (Lipinski definition) is 7. The Kier molecular flexibility index (Phi) is 3.39. The monoisotopic (exact) mass is 263 g/mol. The van der Waals surface area contributed by atoms with Crippen molar-refractivity contribution in [1.82, 2.24) is 5.16 Å². The van der Waals surface area contributed by atoms with Gasteiger partial charge in [0.1, 0.15) is 17.6 Å². The fraction of sp³-hybridized carbons (Fsp3) is 0. The van der Waals surface area contributed by atoms with Crippen molar-refractivity contribution >= 4 is 23.0 Å². The lowest BCUT2D eigenvalue weighted by Gasteiger charge is -2.08. The molecule has 1 amide bonds. The second-order valence-electron chi connectivity index (χ2n) is 3.47. The number of anilines is 2. The molecule has 98 valence electrons. The first-order chi connectivity index (χ1) is 9.13. The van der Waals surface area contributed by atoms with E-state index >= 15 is 0 Å². The van der Waals surface area contributed by atoms with Gasteiger partial charge in [0.2, 0.25) is 0 Å². The summed E-state index contributed by atoms with van der Waals surface area (Å²) in [7, 11) is 0. The average molecular weight is 263 g/mol. The fourth-order valence-electron chi connectivity index (χ4n) is 1.50. The molecular weight excluding hydrogens is 254 g/mol. The number of para-hydroxylation sites is 1. The Hall–Kier alpha value is -2.94. The minimum atomic E-state index is -0.634. The zero-order valence-electron chi connectivity index (χ0n) is 9.49. The third kappa shape index (κ3) is 2.50. The van der Waals surface area contributed by atoms with Crippen molar-refractivity contribution in [1.29, 1.82) is 0 Å². The van der Waals surface area contributed by atoms with E-state index in [1.54, 1.807) is 0 Å². The maximum absolute atomic E-state index is 12.0. The predicted molar refractivity (Wildman–Crippen MR) is 65.4 cm³/mol. The third-order valence-electron chi connectivity index (χ3n) is 2.32. The van der Waals surface area contributed by atoms with Crippen LogP contribution in [0.25, 0.3) is 0 Å². The maximum atomic E-state index is 12.0. The highest BCUT2D eigenvalue weighted by atomic mass is 16.6. The second kappa shape index (κ2) is 5.14. The van der Waals surface area contributed by atoms with Gasteiger partial charge >= 0.3 is 0 Å². The molecule has 0 atom stereocenters. The van der Waals surface area contributed by atoms with Gasteiger partial charge in [-0.25, -0.2) is 0 Å². The van der Waals surface area contributed by atoms with Crippen molar-refractivity contribution in [3.63, 3.8) is 0 Å². The average Bonchev–Trinajstić information content (AvgIpc) is 2.90. The summed E-state index contributed by atoms with van der Waals surface area (Å²) in [5.41, 5.74) is 2.18. The molecule has 1 aromatic carbocycles. The van der Waals surface area contributed by atoms with Gasteiger partial charge in [-0.05, 0) is 6.07 Å². The lowest BCUT2D eigenvalue weighted by atomic mass is 10.1. The Labute approximate surface area is 106 Å². The van der Waals surface area contributed by atoms with Crippen LogP contribution in [-0.4, -0.2) is 16.0 Å². The number of aromatic nitrogens is 1. The van der Waals surface area contributed by atoms with Crippen LogP contribution in [0.3, 0.4) is 0 Å². The number of nitrogen functional groups attached to an aromatic ring is 1. The topological polar surface area (TPSA) is 136 Å². The number of rotatable bonds is 4. The van der Waals surface area contributed by atoms with Crippen molar-refractivity contribution in [2.24, 2.45) is 5.84 Å². The summed E-state index contributed by atoms with van der Waals surface area (Å²) in [4.78, 5) is 22.2. The molecular formula is C10H9N5O4. The molecule has 19 heavy (non-hydrogen) atoms. The van der Waals surface area contributed by atoms with Crippen LogP contribution >= 0.6 is 0 Å². The number of nitrogens with one attached hydrogen (secondary N) is 2. The minimum Gasteiger partial charge on any atom is -0.363 e. The molecule has 2 rings (SSSR count).